The molecule has 0 bridgehead atoms. The van der Waals surface area contributed by atoms with Crippen LogP contribution in [-0.4, -0.2) is 40.7 Å². The number of hydrogen-bond donors (Lipinski definition) is 1. The Hall–Kier alpha value is -0.880. The zero-order chi connectivity index (χ0) is 13.5. The smallest absolute Gasteiger partial charge is 0.150 e. The van der Waals surface area contributed by atoms with Crippen molar-refractivity contribution < 1.29 is 13.5 Å². The SMILES string of the molecule is O=S1(=O)CCCC(Cc2ncc3n2CCC(O)C3)C1. The summed E-state index contributed by atoms with van der Waals surface area (Å²) in [5.41, 5.74) is 1.08. The zero-order valence-electron chi connectivity index (χ0n) is 11.0. The average Bonchev–Trinajstić information content (AvgIpc) is 2.70. The highest BCUT2D eigenvalue weighted by Crippen LogP contribution is 2.24. The van der Waals surface area contributed by atoms with Gasteiger partial charge < -0.3 is 9.67 Å². The van der Waals surface area contributed by atoms with Gasteiger partial charge in [0.05, 0.1) is 17.6 Å². The van der Waals surface area contributed by atoms with E-state index in [1.54, 1.807) is 0 Å². The molecule has 2 unspecified atom stereocenters. The summed E-state index contributed by atoms with van der Waals surface area (Å²) in [6.45, 7) is 0.797. The third-order valence-electron chi connectivity index (χ3n) is 4.18. The van der Waals surface area contributed by atoms with Crippen molar-refractivity contribution >= 4 is 9.84 Å². The Morgan fingerprint density at radius 1 is 1.42 bits per heavy atom. The number of fused-ring (bicyclic) bond motifs is 1. The van der Waals surface area contributed by atoms with Gasteiger partial charge in [-0.1, -0.05) is 0 Å². The molecule has 1 saturated heterocycles. The molecule has 3 rings (SSSR count). The molecule has 1 fully saturated rings. The van der Waals surface area contributed by atoms with Gasteiger partial charge in [-0.3, -0.25) is 0 Å². The number of rotatable bonds is 2. The van der Waals surface area contributed by atoms with Gasteiger partial charge in [0, 0.05) is 31.3 Å². The molecule has 0 aliphatic carbocycles. The van der Waals surface area contributed by atoms with Crippen molar-refractivity contribution in [2.45, 2.75) is 44.8 Å². The molecule has 0 aromatic carbocycles. The van der Waals surface area contributed by atoms with Crippen molar-refractivity contribution in [2.24, 2.45) is 5.92 Å². The minimum Gasteiger partial charge on any atom is -0.393 e. The van der Waals surface area contributed by atoms with Crippen LogP contribution in [0.5, 0.6) is 0 Å². The molecule has 2 aliphatic rings. The lowest BCUT2D eigenvalue weighted by molar-refractivity contribution is 0.142. The minimum absolute atomic E-state index is 0.206. The van der Waals surface area contributed by atoms with Crippen LogP contribution < -0.4 is 0 Å². The van der Waals surface area contributed by atoms with E-state index >= 15 is 0 Å². The molecule has 2 aliphatic heterocycles. The summed E-state index contributed by atoms with van der Waals surface area (Å²) in [5.74, 6) is 1.84. The van der Waals surface area contributed by atoms with E-state index in [1.807, 2.05) is 6.20 Å². The minimum atomic E-state index is -2.84. The molecule has 1 aromatic heterocycles. The first-order valence-electron chi connectivity index (χ1n) is 6.95. The van der Waals surface area contributed by atoms with Gasteiger partial charge in [0.2, 0.25) is 0 Å². The molecular formula is C13H20N2O3S. The number of hydrogen-bond acceptors (Lipinski definition) is 4. The summed E-state index contributed by atoms with van der Waals surface area (Å²) in [5, 5.41) is 9.63. The van der Waals surface area contributed by atoms with Crippen LogP contribution in [0.25, 0.3) is 0 Å². The van der Waals surface area contributed by atoms with Gasteiger partial charge in [-0.25, -0.2) is 13.4 Å². The second-order valence-corrected chi connectivity index (χ2v) is 8.02. The van der Waals surface area contributed by atoms with Crippen molar-refractivity contribution in [2.75, 3.05) is 11.5 Å². The molecule has 5 nitrogen and oxygen atoms in total. The number of aliphatic hydroxyl groups is 1. The van der Waals surface area contributed by atoms with Gasteiger partial charge in [-0.2, -0.15) is 0 Å². The van der Waals surface area contributed by atoms with E-state index in [0.29, 0.717) is 17.9 Å². The van der Waals surface area contributed by atoms with E-state index in [2.05, 4.69) is 9.55 Å². The molecule has 0 saturated carbocycles. The highest BCUT2D eigenvalue weighted by atomic mass is 32.2. The maximum atomic E-state index is 11.7. The van der Waals surface area contributed by atoms with E-state index in [-0.39, 0.29) is 12.0 Å². The summed E-state index contributed by atoms with van der Waals surface area (Å²) in [7, 11) is -2.84. The Kier molecular flexibility index (Phi) is 3.39. The average molecular weight is 284 g/mol. The van der Waals surface area contributed by atoms with Crippen LogP contribution >= 0.6 is 0 Å². The van der Waals surface area contributed by atoms with Gasteiger partial charge >= 0.3 is 0 Å². The predicted molar refractivity (Wildman–Crippen MR) is 71.6 cm³/mol. The Bertz CT molecular complexity index is 564. The molecule has 0 radical (unpaired) electrons. The van der Waals surface area contributed by atoms with E-state index in [4.69, 9.17) is 0 Å². The number of sulfone groups is 1. The fourth-order valence-corrected chi connectivity index (χ4v) is 4.99. The van der Waals surface area contributed by atoms with Crippen molar-refractivity contribution in [3.05, 3.63) is 17.7 Å². The lowest BCUT2D eigenvalue weighted by Crippen LogP contribution is -2.28. The lowest BCUT2D eigenvalue weighted by Gasteiger charge is -2.24. The number of aliphatic hydroxyl groups excluding tert-OH is 1. The van der Waals surface area contributed by atoms with Crippen LogP contribution in [0.2, 0.25) is 0 Å². The molecule has 19 heavy (non-hydrogen) atoms. The molecule has 2 atom stereocenters. The Labute approximate surface area is 113 Å². The third-order valence-corrected chi connectivity index (χ3v) is 6.07. The Morgan fingerprint density at radius 2 is 2.26 bits per heavy atom. The first kappa shape index (κ1) is 13.1. The highest BCUT2D eigenvalue weighted by Gasteiger charge is 2.27. The maximum absolute atomic E-state index is 11.7. The van der Waals surface area contributed by atoms with Crippen LogP contribution in [0.4, 0.5) is 0 Å². The maximum Gasteiger partial charge on any atom is 0.150 e. The van der Waals surface area contributed by atoms with E-state index in [1.165, 1.54) is 0 Å². The van der Waals surface area contributed by atoms with E-state index in [9.17, 15) is 13.5 Å². The highest BCUT2D eigenvalue weighted by molar-refractivity contribution is 7.91. The van der Waals surface area contributed by atoms with Gasteiger partial charge in [-0.05, 0) is 25.2 Å². The zero-order valence-corrected chi connectivity index (χ0v) is 11.8. The first-order chi connectivity index (χ1) is 9.03. The van der Waals surface area contributed by atoms with Gasteiger partial charge in [0.15, 0.2) is 9.84 Å². The van der Waals surface area contributed by atoms with Gasteiger partial charge in [0.25, 0.3) is 0 Å². The van der Waals surface area contributed by atoms with Gasteiger partial charge in [0.1, 0.15) is 5.82 Å². The molecule has 3 heterocycles. The molecule has 1 aromatic rings. The van der Waals surface area contributed by atoms with Crippen LogP contribution in [0.3, 0.4) is 0 Å². The lowest BCUT2D eigenvalue weighted by atomic mass is 10.0. The van der Waals surface area contributed by atoms with Crippen molar-refractivity contribution in [3.63, 3.8) is 0 Å². The van der Waals surface area contributed by atoms with Crippen LogP contribution in [0, 0.1) is 5.92 Å². The first-order valence-corrected chi connectivity index (χ1v) is 8.77. The fourth-order valence-electron chi connectivity index (χ4n) is 3.21. The van der Waals surface area contributed by atoms with Crippen LogP contribution in [0.1, 0.15) is 30.8 Å². The predicted octanol–water partition coefficient (Wildman–Crippen LogP) is 0.557. The van der Waals surface area contributed by atoms with Crippen molar-refractivity contribution in [3.8, 4) is 0 Å². The van der Waals surface area contributed by atoms with E-state index < -0.39 is 9.84 Å². The molecule has 0 spiro atoms. The number of aromatic nitrogens is 2. The number of nitrogens with zero attached hydrogens (tertiary/aromatic N) is 2. The topological polar surface area (TPSA) is 72.2 Å². The van der Waals surface area contributed by atoms with Crippen LogP contribution in [-0.2, 0) is 29.2 Å². The van der Waals surface area contributed by atoms with Crippen molar-refractivity contribution in [1.29, 1.82) is 0 Å². The quantitative estimate of drug-likeness (QED) is 0.861. The Balaban J connectivity index is 1.74. The molecular weight excluding hydrogens is 264 g/mol. The summed E-state index contributed by atoms with van der Waals surface area (Å²) < 4.78 is 25.5. The summed E-state index contributed by atoms with van der Waals surface area (Å²) in [6.07, 6.45) is 5.50. The normalized spacial score (nSPS) is 29.9. The molecule has 106 valence electrons. The van der Waals surface area contributed by atoms with Crippen LogP contribution in [0.15, 0.2) is 6.20 Å². The second-order valence-electron chi connectivity index (χ2n) is 5.79. The Morgan fingerprint density at radius 3 is 3.05 bits per heavy atom. The van der Waals surface area contributed by atoms with E-state index in [0.717, 1.165) is 43.7 Å². The summed E-state index contributed by atoms with van der Waals surface area (Å²) in [6, 6.07) is 0. The fraction of sp³-hybridized carbons (Fsp3) is 0.769. The summed E-state index contributed by atoms with van der Waals surface area (Å²) in [4.78, 5) is 4.43. The standard InChI is InChI=1S/C13H20N2O3S/c16-12-3-4-15-11(7-12)8-14-13(15)6-10-2-1-5-19(17,18)9-10/h8,10,12,16H,1-7,9H2. The molecule has 6 heteroatoms. The number of imidazole rings is 1. The van der Waals surface area contributed by atoms with Gasteiger partial charge in [-0.15, -0.1) is 0 Å². The summed E-state index contributed by atoms with van der Waals surface area (Å²) >= 11 is 0. The second kappa shape index (κ2) is 4.90. The third kappa shape index (κ3) is 2.84. The monoisotopic (exact) mass is 284 g/mol. The van der Waals surface area contributed by atoms with Crippen molar-refractivity contribution in [1.82, 2.24) is 9.55 Å². The largest absolute Gasteiger partial charge is 0.393 e. The molecule has 0 amide bonds. The molecule has 1 N–H and O–H groups in total.